The smallest absolute Gasteiger partial charge is 0.160 e. The molecular weight excluding hydrogens is 769 g/mol. The summed E-state index contributed by atoms with van der Waals surface area (Å²) in [6.45, 7) is 4.69. The van der Waals surface area contributed by atoms with Gasteiger partial charge in [-0.1, -0.05) is 190 Å². The lowest BCUT2D eigenvalue weighted by Crippen LogP contribution is -2.14. The van der Waals surface area contributed by atoms with Gasteiger partial charge in [-0.15, -0.1) is 11.3 Å². The molecule has 0 spiro atoms. The summed E-state index contributed by atoms with van der Waals surface area (Å²) in [6.07, 6.45) is 0. The summed E-state index contributed by atoms with van der Waals surface area (Å²) in [5, 5.41) is 5.02. The van der Waals surface area contributed by atoms with Gasteiger partial charge >= 0.3 is 0 Å². The zero-order valence-corrected chi connectivity index (χ0v) is 35.2. The maximum atomic E-state index is 5.43. The molecule has 12 rings (SSSR count). The first-order chi connectivity index (χ1) is 30.5. The van der Waals surface area contributed by atoms with E-state index >= 15 is 0 Å². The monoisotopic (exact) mass is 808 g/mol. The van der Waals surface area contributed by atoms with Crippen LogP contribution in [0.3, 0.4) is 0 Å². The zero-order valence-electron chi connectivity index (χ0n) is 34.4. The van der Waals surface area contributed by atoms with Gasteiger partial charge in [0.25, 0.3) is 0 Å². The molecular formula is C59H40N2S. The van der Waals surface area contributed by atoms with Gasteiger partial charge in [0.2, 0.25) is 0 Å². The maximum Gasteiger partial charge on any atom is 0.160 e. The summed E-state index contributed by atoms with van der Waals surface area (Å²) in [4.78, 5) is 10.8. The van der Waals surface area contributed by atoms with E-state index in [1.807, 2.05) is 17.4 Å². The van der Waals surface area contributed by atoms with Crippen molar-refractivity contribution in [3.05, 3.63) is 217 Å². The van der Waals surface area contributed by atoms with Crippen molar-refractivity contribution in [2.45, 2.75) is 19.3 Å². The van der Waals surface area contributed by atoms with E-state index in [0.29, 0.717) is 5.82 Å². The third-order valence-electron chi connectivity index (χ3n) is 12.9. The molecule has 0 bridgehead atoms. The van der Waals surface area contributed by atoms with Crippen molar-refractivity contribution in [1.29, 1.82) is 0 Å². The van der Waals surface area contributed by atoms with E-state index in [1.165, 1.54) is 69.9 Å². The normalized spacial score (nSPS) is 12.8. The molecule has 0 atom stereocenters. The lowest BCUT2D eigenvalue weighted by Gasteiger charge is -2.22. The van der Waals surface area contributed by atoms with E-state index in [-0.39, 0.29) is 5.41 Å². The first kappa shape index (κ1) is 36.4. The summed E-state index contributed by atoms with van der Waals surface area (Å²) in [7, 11) is 0. The predicted octanol–water partition coefficient (Wildman–Crippen LogP) is 16.3. The van der Waals surface area contributed by atoms with E-state index < -0.39 is 0 Å². The second kappa shape index (κ2) is 14.3. The van der Waals surface area contributed by atoms with Gasteiger partial charge in [0.15, 0.2) is 5.82 Å². The van der Waals surface area contributed by atoms with Crippen molar-refractivity contribution in [3.63, 3.8) is 0 Å². The molecule has 2 aromatic heterocycles. The highest BCUT2D eigenvalue weighted by molar-refractivity contribution is 7.26. The van der Waals surface area contributed by atoms with E-state index in [9.17, 15) is 0 Å². The number of nitrogens with zero attached hydrogens (tertiary/aromatic N) is 2. The Hall–Kier alpha value is -7.46. The van der Waals surface area contributed by atoms with Crippen LogP contribution < -0.4 is 0 Å². The molecule has 2 heterocycles. The first-order valence-electron chi connectivity index (χ1n) is 21.3. The van der Waals surface area contributed by atoms with Crippen LogP contribution in [0.25, 0.3) is 109 Å². The Morgan fingerprint density at radius 2 is 0.935 bits per heavy atom. The number of fused-ring (bicyclic) bond motifs is 7. The van der Waals surface area contributed by atoms with Crippen LogP contribution in [-0.4, -0.2) is 9.97 Å². The van der Waals surface area contributed by atoms with Gasteiger partial charge in [0, 0.05) is 42.3 Å². The minimum absolute atomic E-state index is 0.105. The van der Waals surface area contributed by atoms with Crippen LogP contribution in [0, 0.1) is 0 Å². The summed E-state index contributed by atoms with van der Waals surface area (Å²) in [6, 6.07) is 74.9. The fraction of sp³-hybridized carbons (Fsp3) is 0.0508. The largest absolute Gasteiger partial charge is 0.228 e. The van der Waals surface area contributed by atoms with Crippen LogP contribution in [0.4, 0.5) is 0 Å². The Balaban J connectivity index is 1.11. The second-order valence-electron chi connectivity index (χ2n) is 16.9. The lowest BCUT2D eigenvalue weighted by atomic mass is 9.81. The number of hydrogen-bond acceptors (Lipinski definition) is 3. The van der Waals surface area contributed by atoms with Crippen LogP contribution in [-0.2, 0) is 5.41 Å². The first-order valence-corrected chi connectivity index (χ1v) is 22.1. The van der Waals surface area contributed by atoms with Crippen molar-refractivity contribution >= 4 is 42.3 Å². The number of thiophene rings is 1. The third-order valence-corrected chi connectivity index (χ3v) is 14.1. The topological polar surface area (TPSA) is 25.8 Å². The Morgan fingerprint density at radius 1 is 0.371 bits per heavy atom. The van der Waals surface area contributed by atoms with Crippen LogP contribution >= 0.6 is 11.3 Å². The van der Waals surface area contributed by atoms with Gasteiger partial charge in [-0.3, -0.25) is 0 Å². The van der Waals surface area contributed by atoms with Crippen molar-refractivity contribution in [1.82, 2.24) is 9.97 Å². The van der Waals surface area contributed by atoms with Gasteiger partial charge in [0.05, 0.1) is 11.4 Å². The molecule has 1 aliphatic carbocycles. The molecule has 0 unspecified atom stereocenters. The van der Waals surface area contributed by atoms with Gasteiger partial charge in [-0.2, -0.15) is 0 Å². The molecule has 0 aliphatic heterocycles. The van der Waals surface area contributed by atoms with Crippen molar-refractivity contribution in [3.8, 4) is 78.4 Å². The number of hydrogen-bond donors (Lipinski definition) is 0. The van der Waals surface area contributed by atoms with Crippen molar-refractivity contribution in [2.75, 3.05) is 0 Å². The molecule has 0 saturated heterocycles. The van der Waals surface area contributed by atoms with Crippen LogP contribution in [0.5, 0.6) is 0 Å². The quantitative estimate of drug-likeness (QED) is 0.167. The summed E-state index contributed by atoms with van der Waals surface area (Å²) >= 11 is 1.87. The second-order valence-corrected chi connectivity index (χ2v) is 17.9. The maximum absolute atomic E-state index is 5.43. The Morgan fingerprint density at radius 3 is 1.81 bits per heavy atom. The van der Waals surface area contributed by atoms with Crippen molar-refractivity contribution < 1.29 is 0 Å². The molecule has 0 saturated carbocycles. The summed E-state index contributed by atoms with van der Waals surface area (Å²) in [5.41, 5.74) is 17.2. The van der Waals surface area contributed by atoms with Gasteiger partial charge < -0.3 is 0 Å². The average molecular weight is 809 g/mol. The molecule has 0 fully saturated rings. The summed E-state index contributed by atoms with van der Waals surface area (Å²) in [5.74, 6) is 0.696. The molecule has 62 heavy (non-hydrogen) atoms. The fourth-order valence-corrected chi connectivity index (χ4v) is 11.1. The average Bonchev–Trinajstić information content (AvgIpc) is 3.83. The Bertz CT molecular complexity index is 3550. The van der Waals surface area contributed by atoms with E-state index in [4.69, 9.17) is 9.97 Å². The molecule has 11 aromatic rings. The van der Waals surface area contributed by atoms with E-state index in [0.717, 1.165) is 44.8 Å². The SMILES string of the molecule is CC1(C)c2ccccc2-c2c(-c3ccccc3-c3cc(-c4cc(-c5cccc6ccccc56)cc(-c5cccc6c5sc5ccccc56)c4)nc(-c4ccccc4)n3)cccc21. The highest BCUT2D eigenvalue weighted by atomic mass is 32.1. The molecule has 1 aliphatic rings. The molecule has 0 N–H and O–H groups in total. The molecule has 3 heteroatoms. The predicted molar refractivity (Wildman–Crippen MR) is 263 cm³/mol. The van der Waals surface area contributed by atoms with Crippen LogP contribution in [0.1, 0.15) is 25.0 Å². The molecule has 0 radical (unpaired) electrons. The van der Waals surface area contributed by atoms with Gasteiger partial charge in [-0.25, -0.2) is 9.97 Å². The number of rotatable bonds is 6. The van der Waals surface area contributed by atoms with E-state index in [2.05, 4.69) is 214 Å². The number of aromatic nitrogens is 2. The van der Waals surface area contributed by atoms with Crippen LogP contribution in [0.15, 0.2) is 206 Å². The molecule has 9 aromatic carbocycles. The Kier molecular flexibility index (Phi) is 8.41. The highest BCUT2D eigenvalue weighted by Crippen LogP contribution is 2.53. The van der Waals surface area contributed by atoms with Gasteiger partial charge in [0.1, 0.15) is 0 Å². The highest BCUT2D eigenvalue weighted by Gasteiger charge is 2.36. The summed E-state index contributed by atoms with van der Waals surface area (Å²) < 4.78 is 2.58. The Labute approximate surface area is 365 Å². The third kappa shape index (κ3) is 5.84. The minimum Gasteiger partial charge on any atom is -0.228 e. The number of benzene rings is 9. The minimum atomic E-state index is -0.105. The molecule has 292 valence electrons. The van der Waals surface area contributed by atoms with Crippen molar-refractivity contribution in [2.24, 2.45) is 0 Å². The van der Waals surface area contributed by atoms with Crippen LogP contribution in [0.2, 0.25) is 0 Å². The molecule has 0 amide bonds. The lowest BCUT2D eigenvalue weighted by molar-refractivity contribution is 0.660. The van der Waals surface area contributed by atoms with Gasteiger partial charge in [-0.05, 0) is 96.7 Å². The zero-order chi connectivity index (χ0) is 41.4. The fourth-order valence-electron chi connectivity index (χ4n) is 9.91. The van der Waals surface area contributed by atoms with E-state index in [1.54, 1.807) is 0 Å². The standard InChI is InChI=1S/C59H40N2S/c1-59(2)51-30-12-10-25-50(51)56-48(28-16-31-52(56)59)45-22-8-9-23-46(45)54-36-53(60-58(61-54)38-18-4-3-5-19-38)41-34-39(43-26-14-20-37-17-6-7-21-42(37)43)33-40(35-41)44-27-15-29-49-47-24-11-13-32-55(47)62-57(44)49/h3-36H,1-2H3. The molecule has 2 nitrogen and oxygen atoms in total.